The number of nitrogens with one attached hydrogen (secondary N) is 2. The first kappa shape index (κ1) is 18.5. The van der Waals surface area contributed by atoms with Crippen molar-refractivity contribution < 1.29 is 9.59 Å². The summed E-state index contributed by atoms with van der Waals surface area (Å²) in [6, 6.07) is 13.5. The number of aryl methyl sites for hydroxylation is 1. The van der Waals surface area contributed by atoms with E-state index in [-0.39, 0.29) is 11.9 Å². The molecular formula is C20H22BrN3O2. The van der Waals surface area contributed by atoms with Gasteiger partial charge in [0.2, 0.25) is 5.91 Å². The third kappa shape index (κ3) is 4.85. The molecule has 6 heteroatoms. The van der Waals surface area contributed by atoms with Gasteiger partial charge >= 0.3 is 6.03 Å². The van der Waals surface area contributed by atoms with Crippen LogP contribution in [0.5, 0.6) is 0 Å². The van der Waals surface area contributed by atoms with Crippen molar-refractivity contribution in [1.29, 1.82) is 0 Å². The van der Waals surface area contributed by atoms with Crippen molar-refractivity contribution in [2.45, 2.75) is 32.9 Å². The van der Waals surface area contributed by atoms with Gasteiger partial charge in [-0.05, 0) is 42.2 Å². The molecule has 1 aliphatic heterocycles. The number of carbonyl (C=O) groups is 2. The second-order valence-electron chi connectivity index (χ2n) is 6.51. The summed E-state index contributed by atoms with van der Waals surface area (Å²) in [7, 11) is 0. The highest BCUT2D eigenvalue weighted by Gasteiger charge is 2.19. The lowest BCUT2D eigenvalue weighted by molar-refractivity contribution is -0.128. The maximum absolute atomic E-state index is 12.2. The molecule has 1 saturated heterocycles. The molecule has 1 fully saturated rings. The third-order valence-electron chi connectivity index (χ3n) is 4.44. The second-order valence-corrected chi connectivity index (χ2v) is 7.42. The van der Waals surface area contributed by atoms with Crippen molar-refractivity contribution in [3.8, 4) is 0 Å². The van der Waals surface area contributed by atoms with Crippen LogP contribution in [0.2, 0.25) is 0 Å². The molecule has 0 bridgehead atoms. The van der Waals surface area contributed by atoms with E-state index in [0.29, 0.717) is 19.5 Å². The van der Waals surface area contributed by atoms with Crippen LogP contribution >= 0.6 is 15.9 Å². The number of carbonyl (C=O) groups excluding carboxylic acids is 2. The molecule has 0 aliphatic carbocycles. The SMILES string of the molecule is Cc1ccc(Br)cc1NC(=O)NCc1cccc(CN2CCCC2=O)c1. The van der Waals surface area contributed by atoms with Crippen LogP contribution in [0.25, 0.3) is 0 Å². The van der Waals surface area contributed by atoms with Crippen molar-refractivity contribution in [2.75, 3.05) is 11.9 Å². The number of nitrogens with zero attached hydrogens (tertiary/aromatic N) is 1. The van der Waals surface area contributed by atoms with Crippen LogP contribution in [0.4, 0.5) is 10.5 Å². The summed E-state index contributed by atoms with van der Waals surface area (Å²) >= 11 is 3.41. The van der Waals surface area contributed by atoms with Gasteiger partial charge in [-0.1, -0.05) is 46.3 Å². The third-order valence-corrected chi connectivity index (χ3v) is 4.93. The normalized spacial score (nSPS) is 13.8. The molecule has 0 unspecified atom stereocenters. The van der Waals surface area contributed by atoms with E-state index >= 15 is 0 Å². The monoisotopic (exact) mass is 415 g/mol. The highest BCUT2D eigenvalue weighted by Crippen LogP contribution is 2.20. The van der Waals surface area contributed by atoms with E-state index in [0.717, 1.165) is 39.8 Å². The predicted octanol–water partition coefficient (Wildman–Crippen LogP) is 4.20. The summed E-state index contributed by atoms with van der Waals surface area (Å²) in [5, 5.41) is 5.75. The summed E-state index contributed by atoms with van der Waals surface area (Å²) in [5.41, 5.74) is 3.87. The first-order valence-corrected chi connectivity index (χ1v) is 9.47. The van der Waals surface area contributed by atoms with Gasteiger partial charge in [-0.2, -0.15) is 0 Å². The Balaban J connectivity index is 1.55. The van der Waals surface area contributed by atoms with E-state index in [1.807, 2.05) is 54.3 Å². The molecule has 26 heavy (non-hydrogen) atoms. The lowest BCUT2D eigenvalue weighted by atomic mass is 10.1. The van der Waals surface area contributed by atoms with Gasteiger partial charge in [0, 0.05) is 36.2 Å². The van der Waals surface area contributed by atoms with Gasteiger partial charge in [0.1, 0.15) is 0 Å². The second kappa shape index (κ2) is 8.36. The summed E-state index contributed by atoms with van der Waals surface area (Å²) < 4.78 is 0.919. The minimum Gasteiger partial charge on any atom is -0.338 e. The number of anilines is 1. The quantitative estimate of drug-likeness (QED) is 0.768. The van der Waals surface area contributed by atoms with Gasteiger partial charge in [0.05, 0.1) is 0 Å². The minimum absolute atomic E-state index is 0.220. The first-order chi connectivity index (χ1) is 12.5. The molecule has 2 aromatic carbocycles. The Labute approximate surface area is 161 Å². The molecule has 3 amide bonds. The molecule has 0 radical (unpaired) electrons. The lowest BCUT2D eigenvalue weighted by Gasteiger charge is -2.16. The van der Waals surface area contributed by atoms with Crippen molar-refractivity contribution in [3.63, 3.8) is 0 Å². The standard InChI is InChI=1S/C20H22BrN3O2/c1-14-7-8-17(21)11-18(14)23-20(26)22-12-15-4-2-5-16(10-15)13-24-9-3-6-19(24)25/h2,4-5,7-8,10-11H,3,6,9,12-13H2,1H3,(H2,22,23,26). The molecule has 2 N–H and O–H groups in total. The highest BCUT2D eigenvalue weighted by atomic mass is 79.9. The Kier molecular flexibility index (Phi) is 5.93. The van der Waals surface area contributed by atoms with Crippen LogP contribution in [0.15, 0.2) is 46.9 Å². The molecule has 136 valence electrons. The molecule has 3 rings (SSSR count). The lowest BCUT2D eigenvalue weighted by Crippen LogP contribution is -2.28. The van der Waals surface area contributed by atoms with E-state index in [1.165, 1.54) is 0 Å². The Morgan fingerprint density at radius 3 is 2.77 bits per heavy atom. The molecule has 0 spiro atoms. The summed E-state index contributed by atoms with van der Waals surface area (Å²) in [4.78, 5) is 25.8. The van der Waals surface area contributed by atoms with Crippen LogP contribution in [0.1, 0.15) is 29.5 Å². The van der Waals surface area contributed by atoms with Gasteiger partial charge in [-0.3, -0.25) is 4.79 Å². The van der Waals surface area contributed by atoms with Crippen LogP contribution < -0.4 is 10.6 Å². The van der Waals surface area contributed by atoms with Crippen LogP contribution in [0.3, 0.4) is 0 Å². The molecule has 0 aromatic heterocycles. The number of likely N-dealkylation sites (tertiary alicyclic amines) is 1. The fourth-order valence-electron chi connectivity index (χ4n) is 3.01. The zero-order valence-electron chi connectivity index (χ0n) is 14.7. The van der Waals surface area contributed by atoms with E-state index in [1.54, 1.807) is 0 Å². The fourth-order valence-corrected chi connectivity index (χ4v) is 3.37. The van der Waals surface area contributed by atoms with E-state index in [9.17, 15) is 9.59 Å². The average molecular weight is 416 g/mol. The van der Waals surface area contributed by atoms with Gasteiger partial charge in [0.15, 0.2) is 0 Å². The Morgan fingerprint density at radius 1 is 1.19 bits per heavy atom. The van der Waals surface area contributed by atoms with Crippen molar-refractivity contribution >= 4 is 33.6 Å². The smallest absolute Gasteiger partial charge is 0.319 e. The van der Waals surface area contributed by atoms with Crippen molar-refractivity contribution in [1.82, 2.24) is 10.2 Å². The molecule has 0 saturated carbocycles. The van der Waals surface area contributed by atoms with Gasteiger partial charge in [0.25, 0.3) is 0 Å². The number of halogens is 1. The van der Waals surface area contributed by atoms with Crippen LogP contribution in [-0.2, 0) is 17.9 Å². The zero-order chi connectivity index (χ0) is 18.5. The number of amides is 3. The Hall–Kier alpha value is -2.34. The highest BCUT2D eigenvalue weighted by molar-refractivity contribution is 9.10. The van der Waals surface area contributed by atoms with Crippen LogP contribution in [-0.4, -0.2) is 23.4 Å². The summed E-state index contributed by atoms with van der Waals surface area (Å²) in [5.74, 6) is 0.220. The zero-order valence-corrected chi connectivity index (χ0v) is 16.3. The van der Waals surface area contributed by atoms with Gasteiger partial charge in [-0.25, -0.2) is 4.79 Å². The number of urea groups is 1. The van der Waals surface area contributed by atoms with E-state index < -0.39 is 0 Å². The van der Waals surface area contributed by atoms with Gasteiger partial charge in [-0.15, -0.1) is 0 Å². The number of hydrogen-bond acceptors (Lipinski definition) is 2. The molecule has 0 atom stereocenters. The van der Waals surface area contributed by atoms with E-state index in [4.69, 9.17) is 0 Å². The number of rotatable bonds is 5. The van der Waals surface area contributed by atoms with Crippen molar-refractivity contribution in [3.05, 3.63) is 63.6 Å². The Morgan fingerprint density at radius 2 is 2.00 bits per heavy atom. The fraction of sp³-hybridized carbons (Fsp3) is 0.300. The molecular weight excluding hydrogens is 394 g/mol. The summed E-state index contributed by atoms with van der Waals surface area (Å²) in [6.45, 7) is 3.84. The molecule has 5 nitrogen and oxygen atoms in total. The minimum atomic E-state index is -0.244. The number of benzene rings is 2. The van der Waals surface area contributed by atoms with Crippen molar-refractivity contribution in [2.24, 2.45) is 0 Å². The topological polar surface area (TPSA) is 61.4 Å². The van der Waals surface area contributed by atoms with Gasteiger partial charge < -0.3 is 15.5 Å². The molecule has 2 aromatic rings. The maximum Gasteiger partial charge on any atom is 0.319 e. The van der Waals surface area contributed by atoms with E-state index in [2.05, 4.69) is 26.6 Å². The first-order valence-electron chi connectivity index (χ1n) is 8.68. The predicted molar refractivity (Wildman–Crippen MR) is 106 cm³/mol. The number of hydrogen-bond donors (Lipinski definition) is 2. The molecule has 1 aliphatic rings. The Bertz CT molecular complexity index is 822. The summed E-state index contributed by atoms with van der Waals surface area (Å²) in [6.07, 6.45) is 1.59. The largest absolute Gasteiger partial charge is 0.338 e. The maximum atomic E-state index is 12.2. The molecule has 1 heterocycles. The van der Waals surface area contributed by atoms with Crippen LogP contribution in [0, 0.1) is 6.92 Å². The average Bonchev–Trinajstić information content (AvgIpc) is 3.01.